The number of carboxylic acids is 1. The molecule has 1 amide bonds. The predicted molar refractivity (Wildman–Crippen MR) is 83.3 cm³/mol. The van der Waals surface area contributed by atoms with Crippen LogP contribution in [-0.2, 0) is 4.79 Å². The first-order valence-corrected chi connectivity index (χ1v) is 7.59. The molecule has 0 spiro atoms. The van der Waals surface area contributed by atoms with E-state index in [-0.39, 0.29) is 12.5 Å². The van der Waals surface area contributed by atoms with Crippen LogP contribution in [0.3, 0.4) is 0 Å². The Bertz CT molecular complexity index is 555. The second-order valence-corrected chi connectivity index (χ2v) is 6.10. The fourth-order valence-corrected chi connectivity index (χ4v) is 2.80. The molecule has 0 radical (unpaired) electrons. The van der Waals surface area contributed by atoms with Crippen LogP contribution in [0.1, 0.15) is 40.7 Å². The highest BCUT2D eigenvalue weighted by Gasteiger charge is 2.22. The highest BCUT2D eigenvalue weighted by atomic mass is 16.5. The van der Waals surface area contributed by atoms with Crippen LogP contribution in [0.25, 0.3) is 0 Å². The molecule has 0 bridgehead atoms. The third-order valence-corrected chi connectivity index (χ3v) is 4.15. The van der Waals surface area contributed by atoms with Crippen molar-refractivity contribution in [1.82, 2.24) is 4.90 Å². The summed E-state index contributed by atoms with van der Waals surface area (Å²) in [4.78, 5) is 24.9. The number of aliphatic carboxylic acids is 1. The number of nitrogens with zero attached hydrogens (tertiary/aromatic N) is 1. The largest absolute Gasteiger partial charge is 0.481 e. The van der Waals surface area contributed by atoms with Gasteiger partial charge in [0, 0.05) is 19.2 Å². The van der Waals surface area contributed by atoms with Crippen molar-refractivity contribution in [1.29, 1.82) is 0 Å². The molecule has 1 saturated carbocycles. The summed E-state index contributed by atoms with van der Waals surface area (Å²) in [6.07, 6.45) is 3.68. The zero-order chi connectivity index (χ0) is 16.3. The summed E-state index contributed by atoms with van der Waals surface area (Å²) >= 11 is 0. The van der Waals surface area contributed by atoms with Crippen LogP contribution in [0, 0.1) is 19.8 Å². The highest BCUT2D eigenvalue weighted by molar-refractivity contribution is 5.94. The molecule has 5 nitrogen and oxygen atoms in total. The number of aryl methyl sites for hydroxylation is 2. The molecule has 0 unspecified atom stereocenters. The molecule has 2 rings (SSSR count). The molecule has 0 saturated heterocycles. The van der Waals surface area contributed by atoms with Crippen molar-refractivity contribution in [3.05, 3.63) is 28.8 Å². The number of carbonyl (C=O) groups excluding carboxylic acids is 1. The van der Waals surface area contributed by atoms with Gasteiger partial charge in [0.05, 0.1) is 0 Å². The number of carbonyl (C=O) groups is 2. The van der Waals surface area contributed by atoms with Gasteiger partial charge in [-0.1, -0.05) is 6.42 Å². The second-order valence-electron chi connectivity index (χ2n) is 6.10. The van der Waals surface area contributed by atoms with Crippen LogP contribution in [0.4, 0.5) is 0 Å². The van der Waals surface area contributed by atoms with Crippen molar-refractivity contribution in [3.8, 4) is 5.75 Å². The summed E-state index contributed by atoms with van der Waals surface area (Å²) in [5, 5.41) is 8.70. The third-order valence-electron chi connectivity index (χ3n) is 4.15. The SMILES string of the molecule is Cc1cc(C(=O)N(C)CC2CCC2)cc(C)c1OCC(=O)O. The van der Waals surface area contributed by atoms with E-state index in [0.717, 1.165) is 17.7 Å². The van der Waals surface area contributed by atoms with E-state index in [2.05, 4.69) is 0 Å². The number of ether oxygens (including phenoxy) is 1. The lowest BCUT2D eigenvalue weighted by Crippen LogP contribution is -2.34. The molecular formula is C17H23NO4. The average molecular weight is 305 g/mol. The molecule has 5 heteroatoms. The van der Waals surface area contributed by atoms with Crippen molar-refractivity contribution >= 4 is 11.9 Å². The predicted octanol–water partition coefficient (Wildman–Crippen LogP) is 2.64. The van der Waals surface area contributed by atoms with E-state index in [1.54, 1.807) is 17.0 Å². The molecule has 120 valence electrons. The molecule has 0 aromatic heterocycles. The third kappa shape index (κ3) is 3.78. The van der Waals surface area contributed by atoms with Crippen molar-refractivity contribution < 1.29 is 19.4 Å². The van der Waals surface area contributed by atoms with Crippen LogP contribution in [-0.4, -0.2) is 42.1 Å². The van der Waals surface area contributed by atoms with Gasteiger partial charge >= 0.3 is 5.97 Å². The molecule has 0 aliphatic heterocycles. The lowest BCUT2D eigenvalue weighted by molar-refractivity contribution is -0.139. The Morgan fingerprint density at radius 1 is 1.27 bits per heavy atom. The fraction of sp³-hybridized carbons (Fsp3) is 0.529. The van der Waals surface area contributed by atoms with Gasteiger partial charge in [-0.15, -0.1) is 0 Å². The Hall–Kier alpha value is -2.04. The Morgan fingerprint density at radius 3 is 2.32 bits per heavy atom. The monoisotopic (exact) mass is 305 g/mol. The minimum absolute atomic E-state index is 0.00267. The van der Waals surface area contributed by atoms with E-state index >= 15 is 0 Å². The maximum Gasteiger partial charge on any atom is 0.341 e. The van der Waals surface area contributed by atoms with Gasteiger partial charge in [0.2, 0.25) is 0 Å². The zero-order valence-corrected chi connectivity index (χ0v) is 13.4. The zero-order valence-electron chi connectivity index (χ0n) is 13.4. The van der Waals surface area contributed by atoms with E-state index in [0.29, 0.717) is 17.2 Å². The summed E-state index contributed by atoms with van der Waals surface area (Å²) in [6, 6.07) is 3.54. The summed E-state index contributed by atoms with van der Waals surface area (Å²) < 4.78 is 5.29. The van der Waals surface area contributed by atoms with E-state index < -0.39 is 5.97 Å². The molecule has 1 fully saturated rings. The van der Waals surface area contributed by atoms with Crippen LogP contribution < -0.4 is 4.74 Å². The van der Waals surface area contributed by atoms with Crippen LogP contribution in [0.2, 0.25) is 0 Å². The van der Waals surface area contributed by atoms with Gasteiger partial charge in [-0.05, 0) is 55.9 Å². The fourth-order valence-electron chi connectivity index (χ4n) is 2.80. The Kier molecular flexibility index (Phi) is 5.06. The van der Waals surface area contributed by atoms with E-state index in [1.165, 1.54) is 19.3 Å². The van der Waals surface area contributed by atoms with Crippen molar-refractivity contribution in [2.24, 2.45) is 5.92 Å². The van der Waals surface area contributed by atoms with E-state index in [1.807, 2.05) is 20.9 Å². The van der Waals surface area contributed by atoms with Gasteiger partial charge in [-0.25, -0.2) is 4.79 Å². The number of amides is 1. The van der Waals surface area contributed by atoms with E-state index in [4.69, 9.17) is 9.84 Å². The quantitative estimate of drug-likeness (QED) is 0.877. The Balaban J connectivity index is 2.10. The lowest BCUT2D eigenvalue weighted by Gasteiger charge is -2.30. The first-order valence-electron chi connectivity index (χ1n) is 7.59. The molecule has 1 aromatic carbocycles. The van der Waals surface area contributed by atoms with Crippen LogP contribution in [0.15, 0.2) is 12.1 Å². The molecule has 1 N–H and O–H groups in total. The standard InChI is InChI=1S/C17H23NO4/c1-11-7-14(8-12(2)16(11)22-10-15(19)20)17(21)18(3)9-13-5-4-6-13/h7-8,13H,4-6,9-10H2,1-3H3,(H,19,20). The number of rotatable bonds is 6. The molecule has 0 atom stereocenters. The van der Waals surface area contributed by atoms with E-state index in [9.17, 15) is 9.59 Å². The minimum atomic E-state index is -1.01. The van der Waals surface area contributed by atoms with Gasteiger partial charge in [-0.2, -0.15) is 0 Å². The molecule has 1 aliphatic rings. The van der Waals surface area contributed by atoms with Crippen molar-refractivity contribution in [2.75, 3.05) is 20.2 Å². The van der Waals surface area contributed by atoms with Gasteiger partial charge in [-0.3, -0.25) is 4.79 Å². The number of carboxylic acid groups (broad SMARTS) is 1. The Labute approximate surface area is 130 Å². The van der Waals surface area contributed by atoms with Crippen molar-refractivity contribution in [2.45, 2.75) is 33.1 Å². The van der Waals surface area contributed by atoms with Gasteiger partial charge in [0.25, 0.3) is 5.91 Å². The van der Waals surface area contributed by atoms with Crippen LogP contribution >= 0.6 is 0 Å². The van der Waals surface area contributed by atoms with Crippen molar-refractivity contribution in [3.63, 3.8) is 0 Å². The van der Waals surface area contributed by atoms with Gasteiger partial charge < -0.3 is 14.7 Å². The summed E-state index contributed by atoms with van der Waals surface area (Å²) in [5.74, 6) is 0.164. The number of hydrogen-bond acceptors (Lipinski definition) is 3. The lowest BCUT2D eigenvalue weighted by atomic mass is 9.85. The molecule has 0 heterocycles. The number of benzene rings is 1. The van der Waals surface area contributed by atoms with Gasteiger partial charge in [0.15, 0.2) is 6.61 Å². The first kappa shape index (κ1) is 16.3. The van der Waals surface area contributed by atoms with Crippen LogP contribution in [0.5, 0.6) is 5.75 Å². The average Bonchev–Trinajstić information content (AvgIpc) is 2.40. The summed E-state index contributed by atoms with van der Waals surface area (Å²) in [5.41, 5.74) is 2.18. The molecule has 22 heavy (non-hydrogen) atoms. The molecular weight excluding hydrogens is 282 g/mol. The maximum absolute atomic E-state index is 12.5. The first-order chi connectivity index (χ1) is 10.4. The maximum atomic E-state index is 12.5. The molecule has 1 aliphatic carbocycles. The topological polar surface area (TPSA) is 66.8 Å². The molecule has 1 aromatic rings. The minimum Gasteiger partial charge on any atom is -0.481 e. The summed E-state index contributed by atoms with van der Waals surface area (Å²) in [6.45, 7) is 4.07. The summed E-state index contributed by atoms with van der Waals surface area (Å²) in [7, 11) is 1.83. The second kappa shape index (κ2) is 6.81. The normalized spacial score (nSPS) is 14.3. The highest BCUT2D eigenvalue weighted by Crippen LogP contribution is 2.28. The smallest absolute Gasteiger partial charge is 0.341 e. The number of hydrogen-bond donors (Lipinski definition) is 1. The van der Waals surface area contributed by atoms with Gasteiger partial charge in [0.1, 0.15) is 5.75 Å². The Morgan fingerprint density at radius 2 is 1.86 bits per heavy atom.